The number of fused-ring (bicyclic) bond motifs is 3. The van der Waals surface area contributed by atoms with E-state index in [1.54, 1.807) is 0 Å². The van der Waals surface area contributed by atoms with Crippen molar-refractivity contribution in [2.24, 2.45) is 0 Å². The average Bonchev–Trinajstić information content (AvgIpc) is 3.49. The Kier molecular flexibility index (Phi) is 11.5. The van der Waals surface area contributed by atoms with E-state index in [9.17, 15) is 0 Å². The molecule has 0 saturated heterocycles. The minimum absolute atomic E-state index is 0.0653. The quantitative estimate of drug-likeness (QED) is 0.0912. The van der Waals surface area contributed by atoms with Crippen LogP contribution in [0.25, 0.3) is 33.4 Å². The summed E-state index contributed by atoms with van der Waals surface area (Å²) in [7, 11) is -3.19. The van der Waals surface area contributed by atoms with Gasteiger partial charge >= 0.3 is 0 Å². The highest BCUT2D eigenvalue weighted by Gasteiger charge is 2.45. The largest absolute Gasteiger partial charge is 0.489 e. The second kappa shape index (κ2) is 15.7. The molecule has 5 aromatic carbocycles. The number of aryl methyl sites for hydroxylation is 1. The lowest BCUT2D eigenvalue weighted by atomic mass is 9.85. The van der Waals surface area contributed by atoms with Gasteiger partial charge in [-0.25, -0.2) is 0 Å². The third-order valence-electron chi connectivity index (χ3n) is 12.3. The van der Waals surface area contributed by atoms with E-state index < -0.39 is 16.9 Å². The van der Waals surface area contributed by atoms with Gasteiger partial charge in [-0.05, 0) is 103 Å². The second-order valence-corrected chi connectivity index (χ2v) is 24.8. The van der Waals surface area contributed by atoms with E-state index in [0.717, 1.165) is 18.6 Å². The maximum absolute atomic E-state index is 6.94. The van der Waals surface area contributed by atoms with Crippen LogP contribution in [0, 0.1) is 6.92 Å². The fourth-order valence-electron chi connectivity index (χ4n) is 9.28. The molecule has 1 nitrogen and oxygen atoms in total. The molecule has 281 valence electrons. The number of rotatable bonds is 12. The summed E-state index contributed by atoms with van der Waals surface area (Å²) in [5.74, 6) is 2.11. The van der Waals surface area contributed by atoms with Gasteiger partial charge in [0, 0.05) is 5.54 Å². The van der Waals surface area contributed by atoms with E-state index in [1.807, 2.05) is 6.08 Å². The molecule has 0 saturated carbocycles. The van der Waals surface area contributed by atoms with Gasteiger partial charge in [0.25, 0.3) is 0 Å². The second-order valence-electron chi connectivity index (χ2n) is 17.7. The maximum atomic E-state index is 6.94. The van der Waals surface area contributed by atoms with E-state index in [0.29, 0.717) is 18.4 Å². The third-order valence-corrected chi connectivity index (χ3v) is 17.8. The Morgan fingerprint density at radius 3 is 1.65 bits per heavy atom. The molecule has 1 aliphatic carbocycles. The van der Waals surface area contributed by atoms with Crippen LogP contribution in [-0.2, 0) is 5.41 Å². The summed E-state index contributed by atoms with van der Waals surface area (Å²) in [5.41, 5.74) is 16.9. The molecule has 1 aliphatic rings. The Morgan fingerprint density at radius 2 is 1.22 bits per heavy atom. The first kappa shape index (κ1) is 39.8. The van der Waals surface area contributed by atoms with Crippen LogP contribution in [0.3, 0.4) is 0 Å². The Hall–Kier alpha value is -3.93. The van der Waals surface area contributed by atoms with Gasteiger partial charge in [-0.15, -0.1) is 0 Å². The Balaban J connectivity index is 1.67. The normalized spacial score (nSPS) is 15.2. The number of ether oxygens (including phenoxy) is 1. The van der Waals surface area contributed by atoms with Gasteiger partial charge in [0.1, 0.15) is 12.4 Å². The van der Waals surface area contributed by atoms with Crippen LogP contribution in [-0.4, -0.2) is 23.5 Å². The van der Waals surface area contributed by atoms with Gasteiger partial charge in [0.2, 0.25) is 0 Å². The summed E-state index contributed by atoms with van der Waals surface area (Å²) < 4.78 is 6.94. The lowest BCUT2D eigenvalue weighted by Crippen LogP contribution is -2.51. The Bertz CT molecular complexity index is 2060. The van der Waals surface area contributed by atoms with Gasteiger partial charge in [0.05, 0.1) is 16.9 Å². The van der Waals surface area contributed by atoms with Crippen LogP contribution in [0.1, 0.15) is 112 Å². The van der Waals surface area contributed by atoms with Gasteiger partial charge in [-0.1, -0.05) is 189 Å². The van der Waals surface area contributed by atoms with Crippen molar-refractivity contribution < 1.29 is 4.74 Å². The molecule has 2 unspecified atom stereocenters. The lowest BCUT2D eigenvalue weighted by Gasteiger charge is -2.38. The highest BCUT2D eigenvalue weighted by molar-refractivity contribution is 6.92. The van der Waals surface area contributed by atoms with E-state index in [2.05, 4.69) is 179 Å². The Labute approximate surface area is 330 Å². The van der Waals surface area contributed by atoms with Gasteiger partial charge in [-0.3, -0.25) is 0 Å². The zero-order chi connectivity index (χ0) is 39.1. The van der Waals surface area contributed by atoms with Crippen LogP contribution in [0.5, 0.6) is 5.75 Å². The topological polar surface area (TPSA) is 9.23 Å². The standard InChI is InChI=1S/C51H63OSi2/c1-14-29-52-48-46(30-35(6)49(53(10)11)47(48)51(7,8)9)54(12,13)50-44-31-36(40-23-19-17-21-38(40)33(4)15-2)25-27-42(44)43-28-26-37(32-45(43)50)41-24-20-18-22-39(41)34(5)16-3/h14,17-28,30-34,50H,1,15-16,29H2,2-13H3. The summed E-state index contributed by atoms with van der Waals surface area (Å²) in [6.07, 6.45) is 4.15. The third kappa shape index (κ3) is 7.15. The summed E-state index contributed by atoms with van der Waals surface area (Å²) in [6, 6.07) is 35.5. The van der Waals surface area contributed by atoms with Crippen LogP contribution in [0.4, 0.5) is 0 Å². The minimum Gasteiger partial charge on any atom is -0.489 e. The van der Waals surface area contributed by atoms with Crippen LogP contribution >= 0.6 is 0 Å². The molecule has 1 radical (unpaired) electrons. The van der Waals surface area contributed by atoms with Crippen molar-refractivity contribution in [2.75, 3.05) is 6.61 Å². The Morgan fingerprint density at radius 1 is 0.741 bits per heavy atom. The molecule has 0 bridgehead atoms. The fourth-order valence-corrected chi connectivity index (χ4v) is 14.8. The SMILES string of the molecule is C=CCOc1c([Si](C)(C)C2c3cc(-c4ccccc4C(C)CC)ccc3-c3ccc(-c4ccccc4C(C)CC)cc32)cc(C)c([Si](C)C)c1C(C)(C)C. The van der Waals surface area contributed by atoms with E-state index >= 15 is 0 Å². The smallest absolute Gasteiger partial charge is 0.122 e. The molecule has 0 fully saturated rings. The molecule has 0 amide bonds. The van der Waals surface area contributed by atoms with Crippen molar-refractivity contribution in [3.05, 3.63) is 137 Å². The molecule has 6 rings (SSSR count). The predicted octanol–water partition coefficient (Wildman–Crippen LogP) is 13.4. The first-order chi connectivity index (χ1) is 25.6. The minimum atomic E-state index is -2.42. The van der Waals surface area contributed by atoms with Gasteiger partial charge in [0.15, 0.2) is 0 Å². The van der Waals surface area contributed by atoms with Gasteiger partial charge in [-0.2, -0.15) is 0 Å². The van der Waals surface area contributed by atoms with E-state index in [4.69, 9.17) is 4.74 Å². The molecule has 0 aromatic heterocycles. The molecular formula is C51H63OSi2. The maximum Gasteiger partial charge on any atom is 0.122 e. The van der Waals surface area contributed by atoms with Crippen molar-refractivity contribution in [1.29, 1.82) is 0 Å². The van der Waals surface area contributed by atoms with E-state index in [1.165, 1.54) is 77.1 Å². The molecule has 2 atom stereocenters. The van der Waals surface area contributed by atoms with Gasteiger partial charge < -0.3 is 4.74 Å². The molecule has 0 N–H and O–H groups in total. The van der Waals surface area contributed by atoms with E-state index in [-0.39, 0.29) is 11.0 Å². The fraction of sp³-hybridized carbons (Fsp3) is 0.373. The first-order valence-corrected chi connectivity index (χ1v) is 25.9. The molecule has 54 heavy (non-hydrogen) atoms. The number of benzene rings is 5. The highest BCUT2D eigenvalue weighted by atomic mass is 28.3. The summed E-state index contributed by atoms with van der Waals surface area (Å²) in [5, 5.41) is 2.96. The van der Waals surface area contributed by atoms with Crippen molar-refractivity contribution in [3.8, 4) is 39.1 Å². The summed E-state index contributed by atoms with van der Waals surface area (Å²) >= 11 is 0. The van der Waals surface area contributed by atoms with Crippen LogP contribution in [0.15, 0.2) is 104 Å². The van der Waals surface area contributed by atoms with Crippen molar-refractivity contribution in [3.63, 3.8) is 0 Å². The van der Waals surface area contributed by atoms with Crippen molar-refractivity contribution >= 4 is 27.2 Å². The number of hydrogen-bond donors (Lipinski definition) is 0. The molecule has 5 aromatic rings. The van der Waals surface area contributed by atoms with Crippen molar-refractivity contribution in [2.45, 2.75) is 117 Å². The summed E-state index contributed by atoms with van der Waals surface area (Å²) in [4.78, 5) is 0. The molecule has 0 heterocycles. The van der Waals surface area contributed by atoms with Crippen LogP contribution in [0.2, 0.25) is 26.2 Å². The lowest BCUT2D eigenvalue weighted by molar-refractivity contribution is 0.354. The molecule has 0 aliphatic heterocycles. The zero-order valence-electron chi connectivity index (χ0n) is 35.2. The van der Waals surface area contributed by atoms with Crippen LogP contribution < -0.4 is 15.1 Å². The highest BCUT2D eigenvalue weighted by Crippen LogP contribution is 2.52. The molecular weight excluding hydrogens is 685 g/mol. The molecule has 0 spiro atoms. The predicted molar refractivity (Wildman–Crippen MR) is 242 cm³/mol. The molecule has 3 heteroatoms. The first-order valence-electron chi connectivity index (χ1n) is 20.3. The summed E-state index contributed by atoms with van der Waals surface area (Å²) in [6.45, 7) is 33.5. The average molecular weight is 748 g/mol. The zero-order valence-corrected chi connectivity index (χ0v) is 37.2. The number of hydrogen-bond acceptors (Lipinski definition) is 1. The van der Waals surface area contributed by atoms with Crippen molar-refractivity contribution in [1.82, 2.24) is 0 Å². The monoisotopic (exact) mass is 747 g/mol.